The van der Waals surface area contributed by atoms with Gasteiger partial charge < -0.3 is 9.64 Å². The van der Waals surface area contributed by atoms with Crippen molar-refractivity contribution in [1.29, 1.82) is 0 Å². The minimum atomic E-state index is -4.24. The molecule has 190 valence electrons. The minimum absolute atomic E-state index is 0.153. The predicted octanol–water partition coefficient (Wildman–Crippen LogP) is 4.36. The standard InChI is InChI=1S/C27H32N4O4S/c1-5-20-11-13-21(14-12-20)18-35-23-9-6-10-24(29-23)36(33,34)30-26(32)22-8-7-15-28-25(22)31-17-19(2)16-27(31,3)4/h6-15,19H,5,16-18H2,1-4H3,(H,30,32). The van der Waals surface area contributed by atoms with Crippen molar-refractivity contribution in [2.24, 2.45) is 5.92 Å². The molecule has 0 bridgehead atoms. The first kappa shape index (κ1) is 25.6. The number of amides is 1. The molecular weight excluding hydrogens is 476 g/mol. The van der Waals surface area contributed by atoms with E-state index in [1.54, 1.807) is 24.4 Å². The molecule has 9 heteroatoms. The van der Waals surface area contributed by atoms with Crippen molar-refractivity contribution in [1.82, 2.24) is 14.7 Å². The van der Waals surface area contributed by atoms with Gasteiger partial charge in [-0.25, -0.2) is 9.71 Å². The van der Waals surface area contributed by atoms with E-state index in [4.69, 9.17) is 4.74 Å². The second-order valence-corrected chi connectivity index (χ2v) is 11.4. The number of nitrogens with zero attached hydrogens (tertiary/aromatic N) is 3. The van der Waals surface area contributed by atoms with Crippen LogP contribution in [0.3, 0.4) is 0 Å². The average molecular weight is 509 g/mol. The molecule has 2 aromatic heterocycles. The van der Waals surface area contributed by atoms with Crippen LogP contribution in [0, 0.1) is 5.92 Å². The molecule has 1 aromatic carbocycles. The molecule has 0 spiro atoms. The van der Waals surface area contributed by atoms with Crippen LogP contribution in [0.5, 0.6) is 5.88 Å². The highest BCUT2D eigenvalue weighted by molar-refractivity contribution is 7.90. The Kier molecular flexibility index (Phi) is 7.31. The molecule has 1 N–H and O–H groups in total. The van der Waals surface area contributed by atoms with Crippen LogP contribution in [0.15, 0.2) is 65.8 Å². The second-order valence-electron chi connectivity index (χ2n) is 9.81. The lowest BCUT2D eigenvalue weighted by molar-refractivity contribution is 0.0981. The van der Waals surface area contributed by atoms with E-state index in [-0.39, 0.29) is 28.6 Å². The van der Waals surface area contributed by atoms with E-state index in [1.807, 2.05) is 24.3 Å². The number of ether oxygens (including phenoxy) is 1. The Labute approximate surface area is 212 Å². The zero-order valence-corrected chi connectivity index (χ0v) is 21.9. The molecule has 36 heavy (non-hydrogen) atoms. The zero-order valence-electron chi connectivity index (χ0n) is 21.1. The number of benzene rings is 1. The third-order valence-electron chi connectivity index (χ3n) is 6.38. The third kappa shape index (κ3) is 5.67. The van der Waals surface area contributed by atoms with E-state index in [0.29, 0.717) is 11.7 Å². The first-order valence-corrected chi connectivity index (χ1v) is 13.5. The molecule has 1 amide bonds. The zero-order chi connectivity index (χ0) is 25.9. The molecule has 3 heterocycles. The fourth-order valence-electron chi connectivity index (χ4n) is 4.63. The van der Waals surface area contributed by atoms with Crippen LogP contribution in [0.25, 0.3) is 0 Å². The maximum atomic E-state index is 13.1. The summed E-state index contributed by atoms with van der Waals surface area (Å²) in [5.41, 5.74) is 2.16. The number of carbonyl (C=O) groups is 1. The van der Waals surface area contributed by atoms with Gasteiger partial charge in [-0.15, -0.1) is 0 Å². The van der Waals surface area contributed by atoms with Crippen molar-refractivity contribution in [2.45, 2.75) is 57.7 Å². The van der Waals surface area contributed by atoms with Gasteiger partial charge in [0, 0.05) is 24.3 Å². The topological polar surface area (TPSA) is 101 Å². The Balaban J connectivity index is 1.50. The van der Waals surface area contributed by atoms with E-state index in [2.05, 4.69) is 47.3 Å². The summed E-state index contributed by atoms with van der Waals surface area (Å²) < 4.78 is 33.9. The second kappa shape index (κ2) is 10.3. The molecule has 1 unspecified atom stereocenters. The van der Waals surface area contributed by atoms with Crippen molar-refractivity contribution < 1.29 is 17.9 Å². The lowest BCUT2D eigenvalue weighted by Gasteiger charge is -2.33. The summed E-state index contributed by atoms with van der Waals surface area (Å²) in [7, 11) is -4.24. The van der Waals surface area contributed by atoms with Gasteiger partial charge >= 0.3 is 0 Å². The molecule has 1 atom stereocenters. The minimum Gasteiger partial charge on any atom is -0.473 e. The first-order valence-electron chi connectivity index (χ1n) is 12.1. The van der Waals surface area contributed by atoms with Crippen molar-refractivity contribution in [2.75, 3.05) is 11.4 Å². The number of sulfonamides is 1. The lowest BCUT2D eigenvalue weighted by Crippen LogP contribution is -2.41. The Morgan fingerprint density at radius 3 is 2.50 bits per heavy atom. The number of nitrogens with one attached hydrogen (secondary N) is 1. The maximum Gasteiger partial charge on any atom is 0.281 e. The van der Waals surface area contributed by atoms with E-state index in [9.17, 15) is 13.2 Å². The lowest BCUT2D eigenvalue weighted by atomic mass is 9.97. The molecule has 8 nitrogen and oxygen atoms in total. The van der Waals surface area contributed by atoms with Crippen LogP contribution >= 0.6 is 0 Å². The van der Waals surface area contributed by atoms with Crippen LogP contribution in [-0.4, -0.2) is 36.4 Å². The van der Waals surface area contributed by atoms with Gasteiger partial charge in [-0.2, -0.15) is 13.4 Å². The Bertz CT molecular complexity index is 1340. The summed E-state index contributed by atoms with van der Waals surface area (Å²) in [5.74, 6) is 0.300. The molecule has 0 radical (unpaired) electrons. The highest BCUT2D eigenvalue weighted by atomic mass is 32.2. The predicted molar refractivity (Wildman–Crippen MR) is 138 cm³/mol. The van der Waals surface area contributed by atoms with Crippen LogP contribution in [0.4, 0.5) is 5.82 Å². The summed E-state index contributed by atoms with van der Waals surface area (Å²) in [4.78, 5) is 23.8. The Morgan fingerprint density at radius 2 is 1.83 bits per heavy atom. The van der Waals surface area contributed by atoms with E-state index >= 15 is 0 Å². The smallest absolute Gasteiger partial charge is 0.281 e. The van der Waals surface area contributed by atoms with E-state index in [1.165, 1.54) is 17.7 Å². The van der Waals surface area contributed by atoms with Crippen LogP contribution < -0.4 is 14.4 Å². The van der Waals surface area contributed by atoms with Crippen molar-refractivity contribution in [3.05, 3.63) is 77.5 Å². The average Bonchev–Trinajstić information content (AvgIpc) is 3.14. The highest BCUT2D eigenvalue weighted by Gasteiger charge is 2.39. The van der Waals surface area contributed by atoms with Crippen LogP contribution in [0.1, 0.15) is 55.6 Å². The van der Waals surface area contributed by atoms with Gasteiger partial charge in [-0.05, 0) is 61.9 Å². The van der Waals surface area contributed by atoms with Gasteiger partial charge in [-0.1, -0.05) is 44.2 Å². The quantitative estimate of drug-likeness (QED) is 0.482. The number of aryl methyl sites for hydroxylation is 1. The molecule has 1 fully saturated rings. The summed E-state index contributed by atoms with van der Waals surface area (Å²) in [6.45, 7) is 9.40. The summed E-state index contributed by atoms with van der Waals surface area (Å²) in [6, 6.07) is 15.6. The molecule has 4 rings (SSSR count). The van der Waals surface area contributed by atoms with Gasteiger partial charge in [0.05, 0.1) is 5.56 Å². The van der Waals surface area contributed by atoms with Crippen LogP contribution in [0.2, 0.25) is 0 Å². The number of aromatic nitrogens is 2. The largest absolute Gasteiger partial charge is 0.473 e. The first-order chi connectivity index (χ1) is 17.1. The van der Waals surface area contributed by atoms with E-state index < -0.39 is 15.9 Å². The Hall–Kier alpha value is -3.46. The monoisotopic (exact) mass is 508 g/mol. The van der Waals surface area contributed by atoms with E-state index in [0.717, 1.165) is 24.9 Å². The van der Waals surface area contributed by atoms with Crippen molar-refractivity contribution in [3.63, 3.8) is 0 Å². The fraction of sp³-hybridized carbons (Fsp3) is 0.370. The van der Waals surface area contributed by atoms with Crippen LogP contribution in [-0.2, 0) is 23.1 Å². The third-order valence-corrected chi connectivity index (χ3v) is 7.61. The normalized spacial score (nSPS) is 17.1. The molecule has 1 aliphatic heterocycles. The van der Waals surface area contributed by atoms with Crippen molar-refractivity contribution in [3.8, 4) is 5.88 Å². The van der Waals surface area contributed by atoms with Gasteiger partial charge in [0.25, 0.3) is 15.9 Å². The van der Waals surface area contributed by atoms with Gasteiger partial charge in [0.2, 0.25) is 5.88 Å². The molecular formula is C27H32N4O4S. The summed E-state index contributed by atoms with van der Waals surface area (Å²) in [6.07, 6.45) is 3.50. The molecule has 1 aliphatic rings. The van der Waals surface area contributed by atoms with Crippen molar-refractivity contribution >= 4 is 21.7 Å². The number of hydrogen-bond acceptors (Lipinski definition) is 7. The number of rotatable bonds is 8. The molecule has 0 aliphatic carbocycles. The summed E-state index contributed by atoms with van der Waals surface area (Å²) >= 11 is 0. The summed E-state index contributed by atoms with van der Waals surface area (Å²) in [5, 5.41) is -0.296. The van der Waals surface area contributed by atoms with Gasteiger partial charge in [0.15, 0.2) is 5.03 Å². The number of anilines is 1. The van der Waals surface area contributed by atoms with Gasteiger partial charge in [-0.3, -0.25) is 4.79 Å². The molecule has 1 saturated heterocycles. The number of hydrogen-bond donors (Lipinski definition) is 1. The maximum absolute atomic E-state index is 13.1. The molecule has 0 saturated carbocycles. The Morgan fingerprint density at radius 1 is 1.11 bits per heavy atom. The number of carbonyl (C=O) groups excluding carboxylic acids is 1. The molecule has 3 aromatic rings. The fourth-order valence-corrected chi connectivity index (χ4v) is 5.56. The number of pyridine rings is 2. The highest BCUT2D eigenvalue weighted by Crippen LogP contribution is 2.37. The SMILES string of the molecule is CCc1ccc(COc2cccc(S(=O)(=O)NC(=O)c3cccnc3N3CC(C)CC3(C)C)n2)cc1. The van der Waals surface area contributed by atoms with Gasteiger partial charge in [0.1, 0.15) is 12.4 Å².